The van der Waals surface area contributed by atoms with Gasteiger partial charge in [0.1, 0.15) is 16.3 Å². The summed E-state index contributed by atoms with van der Waals surface area (Å²) in [6, 6.07) is 1.80. The second kappa shape index (κ2) is 7.65. The van der Waals surface area contributed by atoms with Gasteiger partial charge in [0, 0.05) is 0 Å². The van der Waals surface area contributed by atoms with E-state index in [9.17, 15) is 22.7 Å². The van der Waals surface area contributed by atoms with Gasteiger partial charge in [0.05, 0.1) is 30.0 Å². The molecule has 27 heavy (non-hydrogen) atoms. The number of anilines is 1. The van der Waals surface area contributed by atoms with E-state index in [-0.39, 0.29) is 30.0 Å². The van der Waals surface area contributed by atoms with Crippen molar-refractivity contribution < 1.29 is 27.4 Å². The molecule has 1 aromatic rings. The second-order valence-electron chi connectivity index (χ2n) is 6.59. The van der Waals surface area contributed by atoms with Crippen molar-refractivity contribution in [3.63, 3.8) is 0 Å². The summed E-state index contributed by atoms with van der Waals surface area (Å²) in [6.07, 6.45) is 1.93. The highest BCUT2D eigenvalue weighted by molar-refractivity contribution is 7.92. The maximum Gasteiger partial charge on any atom is 0.319 e. The zero-order chi connectivity index (χ0) is 19.8. The average molecular weight is 419 g/mol. The number of phenols is 1. The van der Waals surface area contributed by atoms with Crippen molar-refractivity contribution in [3.8, 4) is 5.75 Å². The van der Waals surface area contributed by atoms with Crippen molar-refractivity contribution in [2.45, 2.75) is 42.1 Å². The molecule has 0 unspecified atom stereocenters. The molecular formula is C17H20ClFN2O5S. The van der Waals surface area contributed by atoms with Crippen molar-refractivity contribution in [2.75, 3.05) is 18.5 Å². The van der Waals surface area contributed by atoms with E-state index in [1.54, 1.807) is 0 Å². The molecule has 3 atom stereocenters. The molecule has 1 saturated heterocycles. The molecule has 1 aromatic carbocycles. The number of amides is 2. The number of alkyl halides is 1. The largest absolute Gasteiger partial charge is 0.504 e. The Balaban J connectivity index is 1.85. The zero-order valence-corrected chi connectivity index (χ0v) is 16.1. The first-order valence-corrected chi connectivity index (χ1v) is 10.4. The molecule has 0 aromatic heterocycles. The van der Waals surface area contributed by atoms with Gasteiger partial charge in [-0.3, -0.25) is 0 Å². The molecule has 3 N–H and O–H groups in total. The van der Waals surface area contributed by atoms with E-state index in [2.05, 4.69) is 10.6 Å². The van der Waals surface area contributed by atoms with Crippen LogP contribution in [0, 0.1) is 0 Å². The minimum Gasteiger partial charge on any atom is -0.504 e. The standard InChI is InChI=1S/C17H20ClFN2O5S/c1-9-3-2-4-12(9)20-17(23)21-13-6-5-10(18)16(15(13)22)27(24,25)14-8-26-7-11(14)19/h3,5-6,11-12,14,22H,2,4,7-8H2,1H3,(H2,20,21,23)/t11-,12-,14-/m1/s1. The summed E-state index contributed by atoms with van der Waals surface area (Å²) < 4.78 is 44.3. The van der Waals surface area contributed by atoms with Crippen LogP contribution in [0.2, 0.25) is 5.02 Å². The lowest BCUT2D eigenvalue weighted by molar-refractivity contribution is 0.173. The lowest BCUT2D eigenvalue weighted by atomic mass is 10.2. The van der Waals surface area contributed by atoms with E-state index in [1.807, 2.05) is 13.0 Å². The Morgan fingerprint density at radius 3 is 2.70 bits per heavy atom. The third-order valence-electron chi connectivity index (χ3n) is 4.75. The molecule has 2 aliphatic rings. The molecule has 0 spiro atoms. The van der Waals surface area contributed by atoms with Crippen LogP contribution in [0.1, 0.15) is 19.8 Å². The van der Waals surface area contributed by atoms with Crippen LogP contribution in [0.5, 0.6) is 5.75 Å². The predicted molar refractivity (Wildman–Crippen MR) is 98.7 cm³/mol. The van der Waals surface area contributed by atoms with Crippen molar-refractivity contribution >= 4 is 33.2 Å². The number of carbonyl (C=O) groups excluding carboxylic acids is 1. The summed E-state index contributed by atoms with van der Waals surface area (Å²) in [5.74, 6) is -0.726. The maximum absolute atomic E-state index is 13.9. The second-order valence-corrected chi connectivity index (χ2v) is 9.10. The van der Waals surface area contributed by atoms with Gasteiger partial charge in [0.15, 0.2) is 15.6 Å². The number of hydrogen-bond donors (Lipinski definition) is 3. The number of urea groups is 1. The number of hydrogen-bond acceptors (Lipinski definition) is 5. The lowest BCUT2D eigenvalue weighted by Crippen LogP contribution is -2.37. The van der Waals surface area contributed by atoms with Gasteiger partial charge in [-0.2, -0.15) is 0 Å². The van der Waals surface area contributed by atoms with Crippen LogP contribution in [-0.2, 0) is 14.6 Å². The highest BCUT2D eigenvalue weighted by atomic mass is 35.5. The molecule has 0 saturated carbocycles. The number of allylic oxidation sites excluding steroid dienone is 1. The number of phenolic OH excluding ortho intramolecular Hbond substituents is 1. The van der Waals surface area contributed by atoms with E-state index in [0.29, 0.717) is 0 Å². The molecule has 3 rings (SSSR count). The number of ether oxygens (including phenoxy) is 1. The Hall–Kier alpha value is -1.84. The average Bonchev–Trinajstić information content (AvgIpc) is 3.19. The summed E-state index contributed by atoms with van der Waals surface area (Å²) >= 11 is 5.97. The van der Waals surface area contributed by atoms with Gasteiger partial charge >= 0.3 is 6.03 Å². The summed E-state index contributed by atoms with van der Waals surface area (Å²) in [4.78, 5) is 11.6. The molecule has 1 aliphatic heterocycles. The van der Waals surface area contributed by atoms with Gasteiger partial charge < -0.3 is 20.5 Å². The van der Waals surface area contributed by atoms with Crippen LogP contribution >= 0.6 is 11.6 Å². The van der Waals surface area contributed by atoms with E-state index >= 15 is 0 Å². The Bertz CT molecular complexity index is 890. The lowest BCUT2D eigenvalue weighted by Gasteiger charge is -2.18. The first-order valence-electron chi connectivity index (χ1n) is 8.43. The summed E-state index contributed by atoms with van der Waals surface area (Å²) in [7, 11) is -4.30. The summed E-state index contributed by atoms with van der Waals surface area (Å²) in [5, 5.41) is 13.9. The molecule has 0 bridgehead atoms. The van der Waals surface area contributed by atoms with Crippen molar-refractivity contribution in [3.05, 3.63) is 28.8 Å². The molecule has 148 valence electrons. The minimum atomic E-state index is -4.30. The third-order valence-corrected chi connectivity index (χ3v) is 7.39. The maximum atomic E-state index is 13.9. The fraction of sp³-hybridized carbons (Fsp3) is 0.471. The molecular weight excluding hydrogens is 399 g/mol. The number of rotatable bonds is 4. The zero-order valence-electron chi connectivity index (χ0n) is 14.5. The van der Waals surface area contributed by atoms with Gasteiger partial charge in [0.25, 0.3) is 0 Å². The molecule has 1 aliphatic carbocycles. The number of halogens is 2. The van der Waals surface area contributed by atoms with Crippen LogP contribution in [0.15, 0.2) is 28.7 Å². The van der Waals surface area contributed by atoms with E-state index in [1.165, 1.54) is 12.1 Å². The smallest absolute Gasteiger partial charge is 0.319 e. The SMILES string of the molecule is CC1=CCC[C@H]1NC(=O)Nc1ccc(Cl)c(S(=O)(=O)[C@@H]2COC[C@H]2F)c1O. The van der Waals surface area contributed by atoms with Gasteiger partial charge in [-0.05, 0) is 31.9 Å². The van der Waals surface area contributed by atoms with Crippen LogP contribution in [-0.4, -0.2) is 50.2 Å². The van der Waals surface area contributed by atoms with Gasteiger partial charge in [-0.15, -0.1) is 0 Å². The normalized spacial score (nSPS) is 25.3. The summed E-state index contributed by atoms with van der Waals surface area (Å²) in [5.41, 5.74) is 0.897. The Morgan fingerprint density at radius 1 is 1.37 bits per heavy atom. The van der Waals surface area contributed by atoms with E-state index in [0.717, 1.165) is 18.4 Å². The number of aromatic hydroxyl groups is 1. The van der Waals surface area contributed by atoms with Crippen LogP contribution < -0.4 is 10.6 Å². The molecule has 7 nitrogen and oxygen atoms in total. The molecule has 1 fully saturated rings. The third kappa shape index (κ3) is 3.90. The van der Waals surface area contributed by atoms with Gasteiger partial charge in [0.2, 0.25) is 0 Å². The minimum absolute atomic E-state index is 0.120. The highest BCUT2D eigenvalue weighted by Crippen LogP contribution is 2.40. The molecule has 0 radical (unpaired) electrons. The fourth-order valence-corrected chi connectivity index (χ4v) is 5.45. The highest BCUT2D eigenvalue weighted by Gasteiger charge is 2.42. The van der Waals surface area contributed by atoms with Crippen molar-refractivity contribution in [2.24, 2.45) is 0 Å². The van der Waals surface area contributed by atoms with E-state index in [4.69, 9.17) is 16.3 Å². The quantitative estimate of drug-likeness (QED) is 0.515. The van der Waals surface area contributed by atoms with Gasteiger partial charge in [-0.25, -0.2) is 17.6 Å². The first-order chi connectivity index (χ1) is 12.7. The van der Waals surface area contributed by atoms with Crippen LogP contribution in [0.25, 0.3) is 0 Å². The fourth-order valence-electron chi connectivity index (χ4n) is 3.21. The van der Waals surface area contributed by atoms with E-state index < -0.39 is 37.9 Å². The molecule has 2 amide bonds. The number of sulfone groups is 1. The number of nitrogens with one attached hydrogen (secondary N) is 2. The Morgan fingerprint density at radius 2 is 2.11 bits per heavy atom. The number of carbonyl (C=O) groups is 1. The van der Waals surface area contributed by atoms with Crippen LogP contribution in [0.3, 0.4) is 0 Å². The topological polar surface area (TPSA) is 105 Å². The van der Waals surface area contributed by atoms with Crippen molar-refractivity contribution in [1.29, 1.82) is 0 Å². The first kappa shape index (κ1) is 19.9. The van der Waals surface area contributed by atoms with Crippen molar-refractivity contribution in [1.82, 2.24) is 5.32 Å². The number of benzene rings is 1. The predicted octanol–water partition coefficient (Wildman–Crippen LogP) is 2.79. The van der Waals surface area contributed by atoms with Gasteiger partial charge in [-0.1, -0.05) is 23.3 Å². The monoisotopic (exact) mass is 418 g/mol. The molecule has 1 heterocycles. The van der Waals surface area contributed by atoms with Crippen LogP contribution in [0.4, 0.5) is 14.9 Å². The Kier molecular flexibility index (Phi) is 5.64. The Labute approximate surface area is 161 Å². The molecule has 10 heteroatoms. The summed E-state index contributed by atoms with van der Waals surface area (Å²) in [6.45, 7) is 1.24.